The number of rotatable bonds is 4. The molecular weight excluding hydrogens is 307 g/mol. The number of hydrogen-bond acceptors (Lipinski definition) is 5. The molecule has 0 amide bonds. The number of nitrogens with one attached hydrogen (secondary N) is 2. The zero-order chi connectivity index (χ0) is 15.5. The molecule has 5 nitrogen and oxygen atoms in total. The number of hydrazine groups is 1. The number of nitrogens with two attached hydrogens (primary N) is 1. The Morgan fingerprint density at radius 1 is 1.19 bits per heavy atom. The summed E-state index contributed by atoms with van der Waals surface area (Å²) in [7, 11) is 0. The summed E-state index contributed by atoms with van der Waals surface area (Å²) in [6, 6.07) is 7.78. The van der Waals surface area contributed by atoms with E-state index in [2.05, 4.69) is 15.3 Å². The lowest BCUT2D eigenvalue weighted by atomic mass is 10.2. The average molecular weight is 318 g/mol. The normalized spacial score (nSPS) is 11.3. The smallest absolute Gasteiger partial charge is 0.366 e. The van der Waals surface area contributed by atoms with Gasteiger partial charge in [0.25, 0.3) is 0 Å². The summed E-state index contributed by atoms with van der Waals surface area (Å²) in [5, 5.41) is 3.26. The number of hydrogen-bond donors (Lipinski definition) is 3. The van der Waals surface area contributed by atoms with Gasteiger partial charge >= 0.3 is 6.18 Å². The molecular formula is C12H11ClF3N5. The second-order valence-electron chi connectivity index (χ2n) is 4.05. The van der Waals surface area contributed by atoms with Gasteiger partial charge in [0.05, 0.1) is 0 Å². The first-order chi connectivity index (χ1) is 9.90. The molecule has 0 atom stereocenters. The van der Waals surface area contributed by atoms with Gasteiger partial charge in [-0.15, -0.1) is 0 Å². The maximum absolute atomic E-state index is 12.7. The molecule has 2 aromatic rings. The molecule has 9 heteroatoms. The van der Waals surface area contributed by atoms with Crippen LogP contribution in [0.1, 0.15) is 11.3 Å². The van der Waals surface area contributed by atoms with Crippen molar-refractivity contribution < 1.29 is 13.2 Å². The lowest BCUT2D eigenvalue weighted by Crippen LogP contribution is -2.16. The summed E-state index contributed by atoms with van der Waals surface area (Å²) >= 11 is 5.97. The third kappa shape index (κ3) is 3.96. The number of anilines is 2. The number of nitrogen functional groups attached to an aromatic ring is 1. The Balaban J connectivity index is 2.22. The van der Waals surface area contributed by atoms with Crippen LogP contribution in [0.25, 0.3) is 0 Å². The number of benzene rings is 1. The third-order valence-electron chi connectivity index (χ3n) is 2.56. The average Bonchev–Trinajstić information content (AvgIpc) is 2.45. The van der Waals surface area contributed by atoms with Gasteiger partial charge in [-0.2, -0.15) is 18.2 Å². The summed E-state index contributed by atoms with van der Waals surface area (Å²) in [6.45, 7) is 0.220. The molecule has 0 bridgehead atoms. The molecule has 0 saturated carbocycles. The molecule has 21 heavy (non-hydrogen) atoms. The van der Waals surface area contributed by atoms with Gasteiger partial charge in [0.15, 0.2) is 5.69 Å². The van der Waals surface area contributed by atoms with Gasteiger partial charge in [-0.3, -0.25) is 5.43 Å². The van der Waals surface area contributed by atoms with E-state index < -0.39 is 11.9 Å². The minimum Gasteiger partial charge on any atom is -0.366 e. The van der Waals surface area contributed by atoms with E-state index in [9.17, 15) is 13.2 Å². The van der Waals surface area contributed by atoms with Crippen molar-refractivity contribution >= 4 is 23.4 Å². The predicted molar refractivity (Wildman–Crippen MR) is 73.6 cm³/mol. The van der Waals surface area contributed by atoms with E-state index in [0.717, 1.165) is 11.6 Å². The number of halogens is 4. The molecule has 0 aliphatic heterocycles. The van der Waals surface area contributed by atoms with Gasteiger partial charge in [-0.25, -0.2) is 10.8 Å². The molecule has 0 fully saturated rings. The van der Waals surface area contributed by atoms with Crippen molar-refractivity contribution in [3.63, 3.8) is 0 Å². The first-order valence-corrected chi connectivity index (χ1v) is 6.18. The van der Waals surface area contributed by atoms with Crippen molar-refractivity contribution in [3.8, 4) is 0 Å². The molecule has 2 rings (SSSR count). The van der Waals surface area contributed by atoms with Crippen LogP contribution >= 0.6 is 11.6 Å². The topological polar surface area (TPSA) is 75.9 Å². The Kier molecular flexibility index (Phi) is 4.49. The Labute approximate surface area is 123 Å². The Morgan fingerprint density at radius 2 is 1.90 bits per heavy atom. The molecule has 112 valence electrons. The van der Waals surface area contributed by atoms with E-state index in [1.54, 1.807) is 24.3 Å². The van der Waals surface area contributed by atoms with Crippen LogP contribution in [0.3, 0.4) is 0 Å². The molecule has 0 saturated heterocycles. The summed E-state index contributed by atoms with van der Waals surface area (Å²) in [4.78, 5) is 7.07. The highest BCUT2D eigenvalue weighted by Crippen LogP contribution is 2.29. The van der Waals surface area contributed by atoms with E-state index in [4.69, 9.17) is 17.4 Å². The fourth-order valence-corrected chi connectivity index (χ4v) is 1.78. The van der Waals surface area contributed by atoms with Gasteiger partial charge in [0.2, 0.25) is 5.95 Å². The number of alkyl halides is 3. The lowest BCUT2D eigenvalue weighted by molar-refractivity contribution is -0.141. The molecule has 1 heterocycles. The monoisotopic (exact) mass is 317 g/mol. The second kappa shape index (κ2) is 6.15. The van der Waals surface area contributed by atoms with Crippen LogP contribution in [-0.2, 0) is 12.7 Å². The molecule has 0 spiro atoms. The van der Waals surface area contributed by atoms with Crippen LogP contribution in [0.5, 0.6) is 0 Å². The Bertz CT molecular complexity index is 633. The third-order valence-corrected chi connectivity index (χ3v) is 2.93. The van der Waals surface area contributed by atoms with E-state index in [0.29, 0.717) is 5.02 Å². The molecule has 1 aromatic carbocycles. The standard InChI is InChI=1S/C12H11ClF3N5/c13-8-4-2-1-3-7(8)6-18-10-5-9(12(14,15)16)19-11(20-10)21-17/h1-5H,6,17H2,(H2,18,19,20,21). The van der Waals surface area contributed by atoms with Gasteiger partial charge in [-0.05, 0) is 11.6 Å². The van der Waals surface area contributed by atoms with Crippen molar-refractivity contribution in [2.75, 3.05) is 10.7 Å². The van der Waals surface area contributed by atoms with E-state index in [-0.39, 0.29) is 18.3 Å². The van der Waals surface area contributed by atoms with Crippen LogP contribution in [-0.4, -0.2) is 9.97 Å². The van der Waals surface area contributed by atoms with E-state index in [1.165, 1.54) is 0 Å². The molecule has 0 radical (unpaired) electrons. The second-order valence-corrected chi connectivity index (χ2v) is 4.46. The fourth-order valence-electron chi connectivity index (χ4n) is 1.58. The molecule has 0 unspecified atom stereocenters. The van der Waals surface area contributed by atoms with Gasteiger partial charge in [-0.1, -0.05) is 29.8 Å². The van der Waals surface area contributed by atoms with Gasteiger partial charge < -0.3 is 5.32 Å². The summed E-state index contributed by atoms with van der Waals surface area (Å²) < 4.78 is 38.1. The largest absolute Gasteiger partial charge is 0.433 e. The quantitative estimate of drug-likeness (QED) is 0.597. The van der Waals surface area contributed by atoms with Gasteiger partial charge in [0.1, 0.15) is 5.82 Å². The maximum Gasteiger partial charge on any atom is 0.433 e. The van der Waals surface area contributed by atoms with E-state index in [1.807, 2.05) is 5.43 Å². The number of aromatic nitrogens is 2. The minimum absolute atomic E-state index is 0.00908. The van der Waals surface area contributed by atoms with Crippen LogP contribution in [0.4, 0.5) is 24.9 Å². The minimum atomic E-state index is -4.59. The highest BCUT2D eigenvalue weighted by Gasteiger charge is 2.33. The zero-order valence-corrected chi connectivity index (χ0v) is 11.3. The van der Waals surface area contributed by atoms with Crippen LogP contribution < -0.4 is 16.6 Å². The van der Waals surface area contributed by atoms with Crippen molar-refractivity contribution in [2.45, 2.75) is 12.7 Å². The first-order valence-electron chi connectivity index (χ1n) is 5.80. The van der Waals surface area contributed by atoms with Crippen LogP contribution in [0.2, 0.25) is 5.02 Å². The van der Waals surface area contributed by atoms with Crippen molar-refractivity contribution in [3.05, 3.63) is 46.6 Å². The van der Waals surface area contributed by atoms with Crippen molar-refractivity contribution in [1.82, 2.24) is 9.97 Å². The summed E-state index contributed by atoms with van der Waals surface area (Å²) in [5.74, 6) is 4.73. The van der Waals surface area contributed by atoms with Crippen LogP contribution in [0.15, 0.2) is 30.3 Å². The molecule has 0 aliphatic rings. The lowest BCUT2D eigenvalue weighted by Gasteiger charge is -2.12. The first kappa shape index (κ1) is 15.3. The predicted octanol–water partition coefficient (Wildman–Crippen LogP) is 3.05. The fraction of sp³-hybridized carbons (Fsp3) is 0.167. The highest BCUT2D eigenvalue weighted by atomic mass is 35.5. The zero-order valence-electron chi connectivity index (χ0n) is 10.6. The van der Waals surface area contributed by atoms with Crippen molar-refractivity contribution in [1.29, 1.82) is 0 Å². The maximum atomic E-state index is 12.7. The van der Waals surface area contributed by atoms with E-state index >= 15 is 0 Å². The van der Waals surface area contributed by atoms with Gasteiger partial charge in [0, 0.05) is 17.6 Å². The molecule has 0 aliphatic carbocycles. The Morgan fingerprint density at radius 3 is 2.52 bits per heavy atom. The van der Waals surface area contributed by atoms with Crippen LogP contribution in [0, 0.1) is 0 Å². The molecule has 1 aromatic heterocycles. The summed E-state index contributed by atoms with van der Waals surface area (Å²) in [6.07, 6.45) is -4.59. The SMILES string of the molecule is NNc1nc(NCc2ccccc2Cl)cc(C(F)(F)F)n1. The Hall–Kier alpha value is -2.06. The highest BCUT2D eigenvalue weighted by molar-refractivity contribution is 6.31. The van der Waals surface area contributed by atoms with Crippen molar-refractivity contribution in [2.24, 2.45) is 5.84 Å². The molecule has 4 N–H and O–H groups in total. The number of nitrogens with zero attached hydrogens (tertiary/aromatic N) is 2. The summed E-state index contributed by atoms with van der Waals surface area (Å²) in [5.41, 5.74) is 1.64.